The molecule has 0 radical (unpaired) electrons. The molecule has 0 atom stereocenters. The molecule has 2 aliphatic heterocycles. The van der Waals surface area contributed by atoms with Crippen LogP contribution in [0.1, 0.15) is 12.8 Å². The van der Waals surface area contributed by atoms with Gasteiger partial charge in [-0.15, -0.1) is 0 Å². The third-order valence-electron chi connectivity index (χ3n) is 1.65. The van der Waals surface area contributed by atoms with Crippen molar-refractivity contribution in [1.29, 1.82) is 0 Å². The van der Waals surface area contributed by atoms with Gasteiger partial charge >= 0.3 is 0 Å². The highest BCUT2D eigenvalue weighted by Crippen LogP contribution is 2.08. The molecule has 14 heavy (non-hydrogen) atoms. The molecular formula is C8H14N2S4. The van der Waals surface area contributed by atoms with Gasteiger partial charge in [0.15, 0.2) is 0 Å². The molecule has 2 saturated heterocycles. The van der Waals surface area contributed by atoms with Gasteiger partial charge < -0.3 is 10.6 Å². The van der Waals surface area contributed by atoms with E-state index >= 15 is 0 Å². The maximum atomic E-state index is 4.86. The summed E-state index contributed by atoms with van der Waals surface area (Å²) in [4.78, 5) is 0. The Morgan fingerprint density at radius 1 is 0.857 bits per heavy atom. The minimum absolute atomic E-state index is 0.964. The Labute approximate surface area is 104 Å². The summed E-state index contributed by atoms with van der Waals surface area (Å²) >= 11 is 13.2. The van der Waals surface area contributed by atoms with Crippen molar-refractivity contribution in [3.05, 3.63) is 0 Å². The molecule has 0 aromatic rings. The number of hydrogen-bond donors (Lipinski definition) is 2. The summed E-state index contributed by atoms with van der Waals surface area (Å²) in [5.41, 5.74) is 0. The van der Waals surface area contributed by atoms with Gasteiger partial charge in [-0.1, -0.05) is 48.0 Å². The first-order valence-electron chi connectivity index (χ1n) is 4.60. The SMILES string of the molecule is S=C1NCCCS1.S=C1NCCCS1. The fourth-order valence-corrected chi connectivity index (χ4v) is 3.02. The molecule has 0 unspecified atom stereocenters. The smallest absolute Gasteiger partial charge is 0.133 e. The summed E-state index contributed by atoms with van der Waals surface area (Å²) < 4.78 is 1.93. The van der Waals surface area contributed by atoms with Crippen LogP contribution in [-0.4, -0.2) is 33.2 Å². The number of rotatable bonds is 0. The third-order valence-corrected chi connectivity index (χ3v) is 4.44. The Bertz CT molecular complexity index is 170. The molecule has 2 nitrogen and oxygen atoms in total. The van der Waals surface area contributed by atoms with Gasteiger partial charge in [0.2, 0.25) is 0 Å². The second kappa shape index (κ2) is 7.73. The van der Waals surface area contributed by atoms with Gasteiger partial charge in [-0.3, -0.25) is 0 Å². The molecule has 0 aromatic carbocycles. The normalized spacial score (nSPS) is 21.4. The second-order valence-corrected chi connectivity index (χ2v) is 6.38. The minimum atomic E-state index is 0.964. The summed E-state index contributed by atoms with van der Waals surface area (Å²) in [6, 6.07) is 0. The van der Waals surface area contributed by atoms with Crippen molar-refractivity contribution < 1.29 is 0 Å². The molecule has 2 rings (SSSR count). The van der Waals surface area contributed by atoms with E-state index in [4.69, 9.17) is 24.4 Å². The first-order chi connectivity index (χ1) is 6.79. The predicted octanol–water partition coefficient (Wildman–Crippen LogP) is 2.00. The highest BCUT2D eigenvalue weighted by Gasteiger charge is 2.01. The molecule has 0 amide bonds. The number of hydrogen-bond acceptors (Lipinski definition) is 4. The molecule has 80 valence electrons. The standard InChI is InChI=1S/2C4H7NS2/c2*6-4-5-2-1-3-7-4/h2*1-3H2,(H,5,6). The highest BCUT2D eigenvalue weighted by molar-refractivity contribution is 8.23. The maximum absolute atomic E-state index is 4.86. The Hall–Kier alpha value is 0.480. The van der Waals surface area contributed by atoms with Crippen LogP contribution in [0.3, 0.4) is 0 Å². The third kappa shape index (κ3) is 6.06. The number of thiocarbonyl (C=S) groups is 2. The van der Waals surface area contributed by atoms with E-state index in [0.717, 1.165) is 21.7 Å². The van der Waals surface area contributed by atoms with Crippen LogP contribution >= 0.6 is 48.0 Å². The minimum Gasteiger partial charge on any atom is -0.371 e. The largest absolute Gasteiger partial charge is 0.371 e. The molecule has 2 N–H and O–H groups in total. The Morgan fingerprint density at radius 3 is 1.43 bits per heavy atom. The Balaban J connectivity index is 0.000000140. The van der Waals surface area contributed by atoms with Crippen molar-refractivity contribution in [3.8, 4) is 0 Å². The predicted molar refractivity (Wildman–Crippen MR) is 75.4 cm³/mol. The van der Waals surface area contributed by atoms with Crippen molar-refractivity contribution in [3.63, 3.8) is 0 Å². The van der Waals surface area contributed by atoms with E-state index < -0.39 is 0 Å². The van der Waals surface area contributed by atoms with E-state index in [1.165, 1.54) is 24.3 Å². The lowest BCUT2D eigenvalue weighted by atomic mass is 10.5. The molecule has 2 aliphatic rings. The van der Waals surface area contributed by atoms with Crippen molar-refractivity contribution in [1.82, 2.24) is 10.6 Å². The van der Waals surface area contributed by atoms with E-state index in [1.54, 1.807) is 23.5 Å². The number of nitrogens with one attached hydrogen (secondary N) is 2. The Morgan fingerprint density at radius 2 is 1.29 bits per heavy atom. The van der Waals surface area contributed by atoms with Crippen molar-refractivity contribution in [2.24, 2.45) is 0 Å². The van der Waals surface area contributed by atoms with E-state index in [0.29, 0.717) is 0 Å². The van der Waals surface area contributed by atoms with Crippen LogP contribution < -0.4 is 10.6 Å². The molecule has 0 aromatic heterocycles. The van der Waals surface area contributed by atoms with Crippen molar-refractivity contribution >= 4 is 56.6 Å². The van der Waals surface area contributed by atoms with E-state index in [2.05, 4.69) is 10.6 Å². The van der Waals surface area contributed by atoms with Crippen LogP contribution in [0.2, 0.25) is 0 Å². The average molecular weight is 266 g/mol. The van der Waals surface area contributed by atoms with Gasteiger partial charge in [0, 0.05) is 24.6 Å². The van der Waals surface area contributed by atoms with Crippen LogP contribution in [0.25, 0.3) is 0 Å². The van der Waals surface area contributed by atoms with Gasteiger partial charge in [0.25, 0.3) is 0 Å². The first-order valence-corrected chi connectivity index (χ1v) is 7.39. The van der Waals surface area contributed by atoms with E-state index in [9.17, 15) is 0 Å². The second-order valence-electron chi connectivity index (χ2n) is 2.83. The fraction of sp³-hybridized carbons (Fsp3) is 0.750. The zero-order valence-corrected chi connectivity index (χ0v) is 11.1. The van der Waals surface area contributed by atoms with Gasteiger partial charge in [-0.2, -0.15) is 0 Å². The molecule has 0 spiro atoms. The van der Waals surface area contributed by atoms with Crippen LogP contribution in [0.5, 0.6) is 0 Å². The Kier molecular flexibility index (Phi) is 6.93. The van der Waals surface area contributed by atoms with Crippen molar-refractivity contribution in [2.45, 2.75) is 12.8 Å². The van der Waals surface area contributed by atoms with Gasteiger partial charge in [-0.25, -0.2) is 0 Å². The summed E-state index contributed by atoms with van der Waals surface area (Å²) in [6.07, 6.45) is 2.51. The molecule has 2 heterocycles. The van der Waals surface area contributed by atoms with Crippen LogP contribution in [0.15, 0.2) is 0 Å². The van der Waals surface area contributed by atoms with E-state index in [-0.39, 0.29) is 0 Å². The number of thioether (sulfide) groups is 2. The summed E-state index contributed by atoms with van der Waals surface area (Å²) in [7, 11) is 0. The summed E-state index contributed by atoms with van der Waals surface area (Å²) in [6.45, 7) is 2.15. The molecule has 0 saturated carbocycles. The zero-order chi connectivity index (χ0) is 10.2. The molecule has 2 fully saturated rings. The average Bonchev–Trinajstić information content (AvgIpc) is 2.21. The molecule has 0 bridgehead atoms. The van der Waals surface area contributed by atoms with Crippen LogP contribution in [0, 0.1) is 0 Å². The van der Waals surface area contributed by atoms with Gasteiger partial charge in [0.1, 0.15) is 8.64 Å². The van der Waals surface area contributed by atoms with Gasteiger partial charge in [0.05, 0.1) is 0 Å². The lowest BCUT2D eigenvalue weighted by Gasteiger charge is -2.11. The summed E-state index contributed by atoms with van der Waals surface area (Å²) in [5, 5.41) is 6.15. The lowest BCUT2D eigenvalue weighted by molar-refractivity contribution is 0.852. The zero-order valence-electron chi connectivity index (χ0n) is 7.88. The van der Waals surface area contributed by atoms with Crippen molar-refractivity contribution in [2.75, 3.05) is 24.6 Å². The highest BCUT2D eigenvalue weighted by atomic mass is 32.2. The van der Waals surface area contributed by atoms with E-state index in [1.807, 2.05) is 0 Å². The quantitative estimate of drug-likeness (QED) is 0.651. The van der Waals surface area contributed by atoms with Crippen LogP contribution in [0.4, 0.5) is 0 Å². The first kappa shape index (κ1) is 12.5. The fourth-order valence-electron chi connectivity index (χ4n) is 0.957. The maximum Gasteiger partial charge on any atom is 0.133 e. The lowest BCUT2D eigenvalue weighted by Crippen LogP contribution is -2.24. The molecule has 0 aliphatic carbocycles. The summed E-state index contributed by atoms with van der Waals surface area (Å²) in [5.74, 6) is 2.40. The monoisotopic (exact) mass is 266 g/mol. The molecular weight excluding hydrogens is 252 g/mol. The molecule has 6 heteroatoms. The van der Waals surface area contributed by atoms with Gasteiger partial charge in [-0.05, 0) is 12.8 Å². The topological polar surface area (TPSA) is 24.1 Å². The van der Waals surface area contributed by atoms with Crippen LogP contribution in [-0.2, 0) is 0 Å².